The molecule has 1 saturated heterocycles. The molecule has 10 nitrogen and oxygen atoms in total. The van der Waals surface area contributed by atoms with E-state index in [0.717, 1.165) is 12.4 Å². The molecular formula is C21H25F4N5O5S. The predicted molar refractivity (Wildman–Crippen MR) is 119 cm³/mol. The summed E-state index contributed by atoms with van der Waals surface area (Å²) in [5.74, 6) is -0.853. The van der Waals surface area contributed by atoms with Gasteiger partial charge >= 0.3 is 6.18 Å². The van der Waals surface area contributed by atoms with Crippen molar-refractivity contribution in [3.63, 3.8) is 0 Å². The minimum Gasteiger partial charge on any atom is -0.484 e. The molecule has 1 N–H and O–H groups in total. The van der Waals surface area contributed by atoms with Crippen LogP contribution in [-0.4, -0.2) is 90.1 Å². The number of carbonyl (C=O) groups is 1. The summed E-state index contributed by atoms with van der Waals surface area (Å²) in [4.78, 5) is 20.6. The molecule has 1 unspecified atom stereocenters. The molecule has 0 aliphatic carbocycles. The monoisotopic (exact) mass is 535 g/mol. The quantitative estimate of drug-likeness (QED) is 0.201. The highest BCUT2D eigenvalue weighted by molar-refractivity contribution is 7.89. The molecule has 198 valence electrons. The maximum Gasteiger partial charge on any atom is 0.422 e. The molecule has 36 heavy (non-hydrogen) atoms. The maximum absolute atomic E-state index is 13.0. The number of halogens is 4. The number of aryl methyl sites for hydroxylation is 1. The number of hydroxylamine groups is 2. The summed E-state index contributed by atoms with van der Waals surface area (Å²) in [6.45, 7) is -0.473. The van der Waals surface area contributed by atoms with Gasteiger partial charge in [-0.1, -0.05) is 0 Å². The Bertz CT molecular complexity index is 1100. The average molecular weight is 536 g/mol. The lowest BCUT2D eigenvalue weighted by Crippen LogP contribution is -2.51. The molecular weight excluding hydrogens is 510 g/mol. The summed E-state index contributed by atoms with van der Waals surface area (Å²) in [5, 5.41) is 10.2. The highest BCUT2D eigenvalue weighted by Gasteiger charge is 2.32. The van der Waals surface area contributed by atoms with Crippen molar-refractivity contribution in [2.75, 3.05) is 43.4 Å². The molecule has 15 heteroatoms. The van der Waals surface area contributed by atoms with Crippen molar-refractivity contribution in [3.8, 4) is 5.75 Å². The minimum absolute atomic E-state index is 0.0306. The number of hydrogen-bond acceptors (Lipinski definition) is 8. The third-order valence-electron chi connectivity index (χ3n) is 5.50. The summed E-state index contributed by atoms with van der Waals surface area (Å²) >= 11 is 0. The van der Waals surface area contributed by atoms with E-state index >= 15 is 0 Å². The lowest BCUT2D eigenvalue weighted by molar-refractivity contribution is -0.158. The van der Waals surface area contributed by atoms with Crippen LogP contribution in [0.4, 0.5) is 23.2 Å². The molecule has 0 spiro atoms. The number of sulfonamides is 1. The first-order chi connectivity index (χ1) is 17.0. The standard InChI is InChI=1S/C21H25F4N5O5S/c22-16-11-26-20(27-12-16)6-3-18(30(32)15-31)13-36(33,34)29-9-7-28(8-10-29)17-1-4-19(5-2-17)35-14-21(23,24)25/h1-2,4-5,11-12,15,18,32H,3,6-10,13-14H2. The van der Waals surface area contributed by atoms with Crippen LogP contribution in [0.5, 0.6) is 5.75 Å². The van der Waals surface area contributed by atoms with Gasteiger partial charge in [0.2, 0.25) is 16.4 Å². The summed E-state index contributed by atoms with van der Waals surface area (Å²) in [5.41, 5.74) is 0.700. The van der Waals surface area contributed by atoms with Crippen molar-refractivity contribution in [2.24, 2.45) is 0 Å². The summed E-state index contributed by atoms with van der Waals surface area (Å²) < 4.78 is 81.7. The van der Waals surface area contributed by atoms with E-state index in [1.165, 1.54) is 16.4 Å². The van der Waals surface area contributed by atoms with Gasteiger partial charge in [0, 0.05) is 38.3 Å². The molecule has 1 atom stereocenters. The van der Waals surface area contributed by atoms with Crippen molar-refractivity contribution in [2.45, 2.75) is 25.1 Å². The Kier molecular flexibility index (Phi) is 9.03. The number of alkyl halides is 3. The van der Waals surface area contributed by atoms with Gasteiger partial charge in [-0.15, -0.1) is 0 Å². The number of hydrogen-bond donors (Lipinski definition) is 1. The fourth-order valence-corrected chi connectivity index (χ4v) is 5.37. The van der Waals surface area contributed by atoms with Crippen LogP contribution >= 0.6 is 0 Å². The largest absolute Gasteiger partial charge is 0.484 e. The Morgan fingerprint density at radius 2 is 1.72 bits per heavy atom. The second-order valence-corrected chi connectivity index (χ2v) is 10.1. The Morgan fingerprint density at radius 1 is 1.11 bits per heavy atom. The van der Waals surface area contributed by atoms with Crippen molar-refractivity contribution in [1.29, 1.82) is 0 Å². The molecule has 2 aromatic rings. The van der Waals surface area contributed by atoms with E-state index in [2.05, 4.69) is 14.7 Å². The molecule has 0 saturated carbocycles. The van der Waals surface area contributed by atoms with Crippen LogP contribution in [-0.2, 0) is 21.2 Å². The van der Waals surface area contributed by atoms with E-state index in [1.54, 1.807) is 12.1 Å². The van der Waals surface area contributed by atoms with E-state index < -0.39 is 40.4 Å². The van der Waals surface area contributed by atoms with Gasteiger partial charge in [0.15, 0.2) is 12.4 Å². The van der Waals surface area contributed by atoms with Gasteiger partial charge in [-0.05, 0) is 30.7 Å². The second-order valence-electron chi connectivity index (χ2n) is 8.06. The third-order valence-corrected chi connectivity index (χ3v) is 7.45. The van der Waals surface area contributed by atoms with Crippen molar-refractivity contribution < 1.29 is 40.7 Å². The SMILES string of the molecule is O=CN(O)C(CCc1ncc(F)cn1)CS(=O)(=O)N1CCN(c2ccc(OCC(F)(F)F)cc2)CC1. The number of nitrogens with zero attached hydrogens (tertiary/aromatic N) is 5. The highest BCUT2D eigenvalue weighted by atomic mass is 32.2. The van der Waals surface area contributed by atoms with E-state index in [0.29, 0.717) is 23.8 Å². The molecule has 3 rings (SSSR count). The molecule has 1 aromatic carbocycles. The van der Waals surface area contributed by atoms with Crippen LogP contribution in [0.25, 0.3) is 0 Å². The highest BCUT2D eigenvalue weighted by Crippen LogP contribution is 2.24. The van der Waals surface area contributed by atoms with E-state index in [4.69, 9.17) is 0 Å². The number of anilines is 1. The van der Waals surface area contributed by atoms with Gasteiger partial charge in [-0.25, -0.2) is 27.8 Å². The van der Waals surface area contributed by atoms with Gasteiger partial charge in [0.1, 0.15) is 11.6 Å². The minimum atomic E-state index is -4.44. The van der Waals surface area contributed by atoms with E-state index in [1.807, 2.05) is 4.90 Å². The molecule has 2 heterocycles. The van der Waals surface area contributed by atoms with Crippen molar-refractivity contribution >= 4 is 22.1 Å². The number of benzene rings is 1. The lowest BCUT2D eigenvalue weighted by atomic mass is 10.2. The number of carbonyl (C=O) groups excluding carboxylic acids is 1. The summed E-state index contributed by atoms with van der Waals surface area (Å²) in [6, 6.07) is 4.95. The number of rotatable bonds is 11. The summed E-state index contributed by atoms with van der Waals surface area (Å²) in [6.07, 6.45) is -2.25. The Morgan fingerprint density at radius 3 is 2.28 bits per heavy atom. The van der Waals surface area contributed by atoms with Gasteiger partial charge < -0.3 is 9.64 Å². The molecule has 1 aliphatic heterocycles. The number of amides is 1. The number of piperazine rings is 1. The fraction of sp³-hybridized carbons (Fsp3) is 0.476. The van der Waals surface area contributed by atoms with Gasteiger partial charge in [0.25, 0.3) is 0 Å². The molecule has 1 aromatic heterocycles. The van der Waals surface area contributed by atoms with E-state index in [9.17, 15) is 36.0 Å². The first kappa shape index (κ1) is 27.5. The Balaban J connectivity index is 1.55. The number of aromatic nitrogens is 2. The molecule has 0 radical (unpaired) electrons. The van der Waals surface area contributed by atoms with Crippen LogP contribution in [0.1, 0.15) is 12.2 Å². The predicted octanol–water partition coefficient (Wildman–Crippen LogP) is 1.86. The van der Waals surface area contributed by atoms with Crippen LogP contribution in [0.15, 0.2) is 36.7 Å². The molecule has 1 amide bonds. The fourth-order valence-electron chi connectivity index (χ4n) is 3.63. The topological polar surface area (TPSA) is 116 Å². The Hall–Kier alpha value is -3.04. The van der Waals surface area contributed by atoms with Gasteiger partial charge in [0.05, 0.1) is 24.2 Å². The molecule has 1 fully saturated rings. The normalized spacial score (nSPS) is 16.0. The first-order valence-corrected chi connectivity index (χ1v) is 12.5. The first-order valence-electron chi connectivity index (χ1n) is 10.9. The molecule has 0 bridgehead atoms. The average Bonchev–Trinajstić information content (AvgIpc) is 2.85. The van der Waals surface area contributed by atoms with Crippen molar-refractivity contribution in [1.82, 2.24) is 19.3 Å². The zero-order valence-electron chi connectivity index (χ0n) is 19.0. The Labute approximate surface area is 205 Å². The smallest absolute Gasteiger partial charge is 0.422 e. The second kappa shape index (κ2) is 11.8. The lowest BCUT2D eigenvalue weighted by Gasteiger charge is -2.36. The van der Waals surface area contributed by atoms with Crippen LogP contribution in [0.3, 0.4) is 0 Å². The maximum atomic E-state index is 13.0. The van der Waals surface area contributed by atoms with Gasteiger partial charge in [-0.2, -0.15) is 17.5 Å². The zero-order chi connectivity index (χ0) is 26.3. The third kappa shape index (κ3) is 7.99. The van der Waals surface area contributed by atoms with Crippen LogP contribution in [0.2, 0.25) is 0 Å². The summed E-state index contributed by atoms with van der Waals surface area (Å²) in [7, 11) is -3.86. The van der Waals surface area contributed by atoms with E-state index in [-0.39, 0.29) is 43.9 Å². The number of ether oxygens (including phenoxy) is 1. The van der Waals surface area contributed by atoms with Crippen molar-refractivity contribution in [3.05, 3.63) is 48.3 Å². The van der Waals surface area contributed by atoms with Crippen LogP contribution in [0, 0.1) is 5.82 Å². The zero-order valence-corrected chi connectivity index (χ0v) is 19.8. The van der Waals surface area contributed by atoms with Crippen LogP contribution < -0.4 is 9.64 Å². The van der Waals surface area contributed by atoms with Gasteiger partial charge in [-0.3, -0.25) is 10.0 Å². The molecule has 1 aliphatic rings.